The Kier molecular flexibility index (Phi) is 3.15. The second-order valence-electron chi connectivity index (χ2n) is 4.15. The number of esters is 1. The van der Waals surface area contributed by atoms with E-state index in [2.05, 4.69) is 9.72 Å². The minimum absolute atomic E-state index is 0.382. The van der Waals surface area contributed by atoms with E-state index in [4.69, 9.17) is 5.73 Å². The number of carbonyl (C=O) groups is 1. The maximum Gasteiger partial charge on any atom is 0.322 e. The summed E-state index contributed by atoms with van der Waals surface area (Å²) in [5, 5.41) is 1.12. The van der Waals surface area contributed by atoms with Crippen LogP contribution in [0.1, 0.15) is 11.1 Å². The van der Waals surface area contributed by atoms with Crippen molar-refractivity contribution >= 4 is 16.9 Å². The number of aryl methyl sites for hydroxylation is 1. The van der Waals surface area contributed by atoms with Gasteiger partial charge in [0.2, 0.25) is 0 Å². The Morgan fingerprint density at radius 2 is 2.29 bits per heavy atom. The predicted octanol–water partition coefficient (Wildman–Crippen LogP) is 1.52. The van der Waals surface area contributed by atoms with Crippen LogP contribution in [0.15, 0.2) is 24.4 Å². The number of rotatable bonds is 3. The molecule has 0 aliphatic rings. The van der Waals surface area contributed by atoms with Gasteiger partial charge in [-0.1, -0.05) is 18.2 Å². The third-order valence-electron chi connectivity index (χ3n) is 2.95. The molecule has 2 aromatic rings. The zero-order valence-electron chi connectivity index (χ0n) is 9.99. The van der Waals surface area contributed by atoms with Gasteiger partial charge in [0.15, 0.2) is 0 Å². The molecule has 0 bridgehead atoms. The fraction of sp³-hybridized carbons (Fsp3) is 0.308. The molecule has 4 heteroatoms. The van der Waals surface area contributed by atoms with Crippen molar-refractivity contribution in [3.05, 3.63) is 35.5 Å². The Labute approximate surface area is 99.8 Å². The lowest BCUT2D eigenvalue weighted by Crippen LogP contribution is -2.33. The third-order valence-corrected chi connectivity index (χ3v) is 2.95. The summed E-state index contributed by atoms with van der Waals surface area (Å²) in [5.74, 6) is -0.382. The highest BCUT2D eigenvalue weighted by Gasteiger charge is 2.16. The van der Waals surface area contributed by atoms with Crippen molar-refractivity contribution in [3.8, 4) is 0 Å². The molecular formula is C13H16N2O2. The standard InChI is InChI=1S/C13H16N2O2/c1-8-4-3-5-10-9(7-15-12(8)10)6-11(14)13(16)17-2/h3-5,7,11,15H,6,14H2,1-2H3. The molecule has 0 spiro atoms. The molecule has 0 saturated carbocycles. The molecule has 0 amide bonds. The number of nitrogens with two attached hydrogens (primary N) is 1. The Bertz CT molecular complexity index is 545. The summed E-state index contributed by atoms with van der Waals surface area (Å²) < 4.78 is 4.62. The largest absolute Gasteiger partial charge is 0.468 e. The summed E-state index contributed by atoms with van der Waals surface area (Å²) in [4.78, 5) is 14.5. The normalized spacial score (nSPS) is 12.6. The lowest BCUT2D eigenvalue weighted by molar-refractivity contribution is -0.142. The summed E-state index contributed by atoms with van der Waals surface area (Å²) in [5.41, 5.74) is 9.08. The molecule has 1 aromatic heterocycles. The van der Waals surface area contributed by atoms with Crippen LogP contribution in [0.3, 0.4) is 0 Å². The molecule has 1 aromatic carbocycles. The van der Waals surface area contributed by atoms with Crippen molar-refractivity contribution in [3.63, 3.8) is 0 Å². The van der Waals surface area contributed by atoms with E-state index < -0.39 is 6.04 Å². The zero-order chi connectivity index (χ0) is 12.4. The van der Waals surface area contributed by atoms with Crippen LogP contribution in [0, 0.1) is 6.92 Å². The fourth-order valence-electron chi connectivity index (χ4n) is 2.00. The third kappa shape index (κ3) is 2.17. The van der Waals surface area contributed by atoms with Crippen molar-refractivity contribution in [1.82, 2.24) is 4.98 Å². The second kappa shape index (κ2) is 4.59. The van der Waals surface area contributed by atoms with E-state index in [-0.39, 0.29) is 5.97 Å². The van der Waals surface area contributed by atoms with Gasteiger partial charge in [-0.3, -0.25) is 4.79 Å². The minimum Gasteiger partial charge on any atom is -0.468 e. The van der Waals surface area contributed by atoms with E-state index in [0.29, 0.717) is 6.42 Å². The average Bonchev–Trinajstić information content (AvgIpc) is 2.73. The molecule has 0 aliphatic carbocycles. The Balaban J connectivity index is 2.31. The summed E-state index contributed by atoms with van der Waals surface area (Å²) in [6.07, 6.45) is 2.39. The molecule has 0 aliphatic heterocycles. The highest BCUT2D eigenvalue weighted by molar-refractivity contribution is 5.86. The number of methoxy groups -OCH3 is 1. The SMILES string of the molecule is COC(=O)C(N)Cc1c[nH]c2c(C)cccc12. The van der Waals surface area contributed by atoms with Gasteiger partial charge in [0.1, 0.15) is 6.04 Å². The summed E-state index contributed by atoms with van der Waals surface area (Å²) in [6.45, 7) is 2.04. The highest BCUT2D eigenvalue weighted by Crippen LogP contribution is 2.22. The van der Waals surface area contributed by atoms with Gasteiger partial charge in [-0.15, -0.1) is 0 Å². The molecule has 1 unspecified atom stereocenters. The topological polar surface area (TPSA) is 68.1 Å². The number of nitrogens with one attached hydrogen (secondary N) is 1. The number of benzene rings is 1. The van der Waals surface area contributed by atoms with Gasteiger partial charge in [0.25, 0.3) is 0 Å². The van der Waals surface area contributed by atoms with E-state index in [1.165, 1.54) is 12.7 Å². The van der Waals surface area contributed by atoms with E-state index >= 15 is 0 Å². The minimum atomic E-state index is -0.612. The second-order valence-corrected chi connectivity index (χ2v) is 4.15. The monoisotopic (exact) mass is 232 g/mol. The average molecular weight is 232 g/mol. The molecule has 0 saturated heterocycles. The number of hydrogen-bond acceptors (Lipinski definition) is 3. The zero-order valence-corrected chi connectivity index (χ0v) is 9.99. The van der Waals surface area contributed by atoms with Crippen LogP contribution in [0.4, 0.5) is 0 Å². The van der Waals surface area contributed by atoms with Gasteiger partial charge < -0.3 is 15.5 Å². The number of para-hydroxylation sites is 1. The first-order chi connectivity index (χ1) is 8.13. The molecule has 2 rings (SSSR count). The molecule has 3 N–H and O–H groups in total. The molecule has 1 heterocycles. The van der Waals surface area contributed by atoms with Crippen molar-refractivity contribution in [2.24, 2.45) is 5.73 Å². The molecule has 0 radical (unpaired) electrons. The van der Waals surface area contributed by atoms with E-state index in [9.17, 15) is 4.79 Å². The van der Waals surface area contributed by atoms with Crippen LogP contribution in [0.2, 0.25) is 0 Å². The molecule has 4 nitrogen and oxygen atoms in total. The Morgan fingerprint density at radius 1 is 1.53 bits per heavy atom. The van der Waals surface area contributed by atoms with Crippen molar-refractivity contribution in [2.75, 3.05) is 7.11 Å². The van der Waals surface area contributed by atoms with Crippen molar-refractivity contribution in [1.29, 1.82) is 0 Å². The smallest absolute Gasteiger partial charge is 0.322 e. The number of H-pyrrole nitrogens is 1. The summed E-state index contributed by atoms with van der Waals surface area (Å²) in [6, 6.07) is 5.46. The van der Waals surface area contributed by atoms with E-state index in [0.717, 1.165) is 16.5 Å². The Hall–Kier alpha value is -1.81. The van der Waals surface area contributed by atoms with Crippen molar-refractivity contribution < 1.29 is 9.53 Å². The van der Waals surface area contributed by atoms with Crippen LogP contribution in [0.5, 0.6) is 0 Å². The van der Waals surface area contributed by atoms with Crippen LogP contribution >= 0.6 is 0 Å². The number of carbonyl (C=O) groups excluding carboxylic acids is 1. The van der Waals surface area contributed by atoms with Gasteiger partial charge in [0.05, 0.1) is 7.11 Å². The molecule has 1 atom stereocenters. The maximum atomic E-state index is 11.3. The number of hydrogen-bond donors (Lipinski definition) is 2. The predicted molar refractivity (Wildman–Crippen MR) is 66.7 cm³/mol. The van der Waals surface area contributed by atoms with Crippen LogP contribution in [-0.2, 0) is 16.0 Å². The highest BCUT2D eigenvalue weighted by atomic mass is 16.5. The number of aromatic amines is 1. The number of aromatic nitrogens is 1. The lowest BCUT2D eigenvalue weighted by atomic mass is 10.0. The quantitative estimate of drug-likeness (QED) is 0.788. The maximum absolute atomic E-state index is 11.3. The van der Waals surface area contributed by atoms with Crippen molar-refractivity contribution in [2.45, 2.75) is 19.4 Å². The fourth-order valence-corrected chi connectivity index (χ4v) is 2.00. The Morgan fingerprint density at radius 3 is 3.00 bits per heavy atom. The molecule has 17 heavy (non-hydrogen) atoms. The van der Waals surface area contributed by atoms with Crippen LogP contribution < -0.4 is 5.73 Å². The molecular weight excluding hydrogens is 216 g/mol. The van der Waals surface area contributed by atoms with Gasteiger partial charge >= 0.3 is 5.97 Å². The van der Waals surface area contributed by atoms with Gasteiger partial charge in [-0.25, -0.2) is 0 Å². The van der Waals surface area contributed by atoms with Gasteiger partial charge in [0, 0.05) is 23.5 Å². The van der Waals surface area contributed by atoms with Crippen LogP contribution in [0.25, 0.3) is 10.9 Å². The van der Waals surface area contributed by atoms with Gasteiger partial charge in [-0.05, 0) is 18.1 Å². The first-order valence-electron chi connectivity index (χ1n) is 5.52. The first-order valence-corrected chi connectivity index (χ1v) is 5.52. The molecule has 90 valence electrons. The van der Waals surface area contributed by atoms with Crippen LogP contribution in [-0.4, -0.2) is 24.1 Å². The number of ether oxygens (including phenoxy) is 1. The summed E-state index contributed by atoms with van der Waals surface area (Å²) >= 11 is 0. The van der Waals surface area contributed by atoms with E-state index in [1.807, 2.05) is 31.3 Å². The van der Waals surface area contributed by atoms with E-state index in [1.54, 1.807) is 0 Å². The summed E-state index contributed by atoms with van der Waals surface area (Å²) in [7, 11) is 1.35. The lowest BCUT2D eigenvalue weighted by Gasteiger charge is -2.08. The molecule has 0 fully saturated rings. The van der Waals surface area contributed by atoms with Gasteiger partial charge in [-0.2, -0.15) is 0 Å². The number of fused-ring (bicyclic) bond motifs is 1. The first kappa shape index (κ1) is 11.7.